The molecule has 1 aliphatic heterocycles. The van der Waals surface area contributed by atoms with Crippen LogP contribution in [0.15, 0.2) is 16.5 Å². The average molecular weight is 270 g/mol. The lowest BCUT2D eigenvalue weighted by Crippen LogP contribution is -2.09. The highest BCUT2D eigenvalue weighted by Crippen LogP contribution is 2.40. The minimum atomic E-state index is 0.467. The second-order valence-corrected chi connectivity index (χ2v) is 5.66. The molecule has 2 aromatic heterocycles. The monoisotopic (exact) mass is 270 g/mol. The molecule has 19 heavy (non-hydrogen) atoms. The first-order valence-electron chi connectivity index (χ1n) is 6.65. The molecule has 1 N–H and O–H groups in total. The van der Waals surface area contributed by atoms with Crippen molar-refractivity contribution in [1.82, 2.24) is 4.57 Å². The van der Waals surface area contributed by atoms with E-state index in [4.69, 9.17) is 22.0 Å². The van der Waals surface area contributed by atoms with Crippen molar-refractivity contribution < 1.29 is 4.42 Å². The SMILES string of the molecule is Cc1ccc2n1C(=N)c1c-2c2c(oc1=S)CCCC2. The van der Waals surface area contributed by atoms with E-state index in [2.05, 4.69) is 12.1 Å². The molecule has 0 atom stereocenters. The lowest BCUT2D eigenvalue weighted by molar-refractivity contribution is 0.444. The van der Waals surface area contributed by atoms with E-state index in [1.165, 1.54) is 18.4 Å². The minimum Gasteiger partial charge on any atom is -0.449 e. The molecule has 3 heterocycles. The Morgan fingerprint density at radius 3 is 2.84 bits per heavy atom. The van der Waals surface area contributed by atoms with Crippen LogP contribution in [-0.4, -0.2) is 10.4 Å². The molecule has 96 valence electrons. The number of aromatic nitrogens is 1. The van der Waals surface area contributed by atoms with Crippen LogP contribution in [0.25, 0.3) is 11.3 Å². The Morgan fingerprint density at radius 2 is 2.00 bits per heavy atom. The van der Waals surface area contributed by atoms with Crippen molar-refractivity contribution in [3.05, 3.63) is 39.4 Å². The average Bonchev–Trinajstić information content (AvgIpc) is 2.91. The van der Waals surface area contributed by atoms with Crippen molar-refractivity contribution in [2.24, 2.45) is 0 Å². The van der Waals surface area contributed by atoms with Gasteiger partial charge in [0.25, 0.3) is 0 Å². The Balaban J connectivity index is 2.14. The molecule has 0 aromatic carbocycles. The highest BCUT2D eigenvalue weighted by Gasteiger charge is 2.32. The van der Waals surface area contributed by atoms with E-state index in [1.54, 1.807) is 0 Å². The third kappa shape index (κ3) is 1.32. The van der Waals surface area contributed by atoms with Crippen LogP contribution in [0.1, 0.15) is 35.4 Å². The van der Waals surface area contributed by atoms with Crippen LogP contribution in [0, 0.1) is 17.0 Å². The Kier molecular flexibility index (Phi) is 2.16. The first-order valence-corrected chi connectivity index (χ1v) is 7.06. The normalized spacial score (nSPS) is 16.2. The molecule has 2 aromatic rings. The smallest absolute Gasteiger partial charge is 0.201 e. The molecule has 0 saturated carbocycles. The summed E-state index contributed by atoms with van der Waals surface area (Å²) in [6.45, 7) is 2.02. The molecular formula is C15H14N2OS. The molecule has 0 spiro atoms. The molecular weight excluding hydrogens is 256 g/mol. The fraction of sp³-hybridized carbons (Fsp3) is 0.333. The van der Waals surface area contributed by atoms with Crippen LogP contribution in [0.3, 0.4) is 0 Å². The summed E-state index contributed by atoms with van der Waals surface area (Å²) in [6, 6.07) is 4.16. The van der Waals surface area contributed by atoms with Gasteiger partial charge in [0.2, 0.25) is 4.71 Å². The van der Waals surface area contributed by atoms with Crippen LogP contribution in [0.2, 0.25) is 0 Å². The van der Waals surface area contributed by atoms with E-state index in [0.29, 0.717) is 10.5 Å². The maximum Gasteiger partial charge on any atom is 0.201 e. The molecule has 4 heteroatoms. The zero-order valence-corrected chi connectivity index (χ0v) is 11.6. The van der Waals surface area contributed by atoms with Crippen molar-refractivity contribution in [3.63, 3.8) is 0 Å². The van der Waals surface area contributed by atoms with Crippen LogP contribution >= 0.6 is 12.2 Å². The topological polar surface area (TPSA) is 41.9 Å². The first kappa shape index (κ1) is 11.2. The summed E-state index contributed by atoms with van der Waals surface area (Å²) < 4.78 is 8.27. The van der Waals surface area contributed by atoms with E-state index in [1.807, 2.05) is 11.5 Å². The summed E-state index contributed by atoms with van der Waals surface area (Å²) in [5.74, 6) is 1.50. The fourth-order valence-electron chi connectivity index (χ4n) is 3.31. The van der Waals surface area contributed by atoms with Crippen molar-refractivity contribution in [1.29, 1.82) is 5.41 Å². The fourth-order valence-corrected chi connectivity index (χ4v) is 3.61. The molecule has 0 fully saturated rings. The van der Waals surface area contributed by atoms with Gasteiger partial charge in [0, 0.05) is 23.2 Å². The number of fused-ring (bicyclic) bond motifs is 5. The van der Waals surface area contributed by atoms with Crippen molar-refractivity contribution >= 4 is 18.1 Å². The van der Waals surface area contributed by atoms with Crippen LogP contribution in [0.5, 0.6) is 0 Å². The second-order valence-electron chi connectivity index (χ2n) is 5.29. The van der Waals surface area contributed by atoms with Crippen molar-refractivity contribution in [2.45, 2.75) is 32.6 Å². The Labute approximate surface area is 116 Å². The van der Waals surface area contributed by atoms with E-state index < -0.39 is 0 Å². The second kappa shape index (κ2) is 3.67. The van der Waals surface area contributed by atoms with Gasteiger partial charge in [-0.15, -0.1) is 0 Å². The molecule has 4 rings (SSSR count). The number of hydrogen-bond acceptors (Lipinski definition) is 3. The minimum absolute atomic E-state index is 0.467. The van der Waals surface area contributed by atoms with Gasteiger partial charge < -0.3 is 4.42 Å². The molecule has 2 aliphatic rings. The molecule has 0 bridgehead atoms. The Morgan fingerprint density at radius 1 is 1.21 bits per heavy atom. The molecule has 1 aliphatic carbocycles. The van der Waals surface area contributed by atoms with E-state index >= 15 is 0 Å². The van der Waals surface area contributed by atoms with Gasteiger partial charge in [-0.2, -0.15) is 0 Å². The lowest BCUT2D eigenvalue weighted by atomic mass is 9.91. The molecule has 0 amide bonds. The third-order valence-corrected chi connectivity index (χ3v) is 4.47. The first-order chi connectivity index (χ1) is 9.18. The van der Waals surface area contributed by atoms with Gasteiger partial charge in [-0.05, 0) is 50.5 Å². The van der Waals surface area contributed by atoms with Gasteiger partial charge >= 0.3 is 0 Å². The zero-order valence-electron chi connectivity index (χ0n) is 10.7. The van der Waals surface area contributed by atoms with Crippen LogP contribution < -0.4 is 0 Å². The lowest BCUT2D eigenvalue weighted by Gasteiger charge is -2.17. The number of hydrogen-bond donors (Lipinski definition) is 1. The number of rotatable bonds is 0. The van der Waals surface area contributed by atoms with Crippen LogP contribution in [-0.2, 0) is 12.8 Å². The largest absolute Gasteiger partial charge is 0.449 e. The Hall–Kier alpha value is -1.68. The molecule has 0 unspecified atom stereocenters. The van der Waals surface area contributed by atoms with Gasteiger partial charge in [-0.1, -0.05) is 0 Å². The molecule has 0 radical (unpaired) electrons. The molecule has 0 saturated heterocycles. The van der Waals surface area contributed by atoms with Crippen LogP contribution in [0.4, 0.5) is 0 Å². The summed E-state index contributed by atoms with van der Waals surface area (Å²) in [4.78, 5) is 0. The zero-order chi connectivity index (χ0) is 13.1. The van der Waals surface area contributed by atoms with E-state index in [-0.39, 0.29) is 0 Å². The predicted octanol–water partition coefficient (Wildman–Crippen LogP) is 3.85. The summed E-state index contributed by atoms with van der Waals surface area (Å²) in [5, 5.41) is 8.36. The van der Waals surface area contributed by atoms with Crippen molar-refractivity contribution in [3.8, 4) is 11.3 Å². The predicted molar refractivity (Wildman–Crippen MR) is 76.6 cm³/mol. The summed E-state index contributed by atoms with van der Waals surface area (Å²) in [5.41, 5.74) is 5.43. The van der Waals surface area contributed by atoms with Gasteiger partial charge in [0.1, 0.15) is 11.6 Å². The highest BCUT2D eigenvalue weighted by molar-refractivity contribution is 7.71. The molecule has 3 nitrogen and oxygen atoms in total. The summed E-state index contributed by atoms with van der Waals surface area (Å²) >= 11 is 5.38. The highest BCUT2D eigenvalue weighted by atomic mass is 32.1. The third-order valence-electron chi connectivity index (χ3n) is 4.18. The van der Waals surface area contributed by atoms with Gasteiger partial charge in [-0.25, -0.2) is 0 Å². The summed E-state index contributed by atoms with van der Waals surface area (Å²) in [6.07, 6.45) is 4.37. The van der Waals surface area contributed by atoms with Gasteiger partial charge in [0.05, 0.1) is 11.3 Å². The van der Waals surface area contributed by atoms with E-state index in [0.717, 1.165) is 41.1 Å². The van der Waals surface area contributed by atoms with E-state index in [9.17, 15) is 0 Å². The standard InChI is InChI=1S/C15H14N2OS/c1-8-6-7-10-12-9-4-2-3-5-11(9)18-15(19)13(12)14(16)17(8)10/h6-7,16H,2-5H2,1H3. The quantitative estimate of drug-likeness (QED) is 0.630. The van der Waals surface area contributed by atoms with Crippen molar-refractivity contribution in [2.75, 3.05) is 0 Å². The maximum atomic E-state index is 8.36. The Bertz CT molecular complexity index is 782. The number of aryl methyl sites for hydroxylation is 2. The number of nitrogens with zero attached hydrogens (tertiary/aromatic N) is 1. The number of nitrogens with one attached hydrogen (secondary N) is 1. The maximum absolute atomic E-state index is 8.36. The van der Waals surface area contributed by atoms with Gasteiger partial charge in [-0.3, -0.25) is 9.98 Å². The van der Waals surface area contributed by atoms with Gasteiger partial charge in [0.15, 0.2) is 0 Å². The summed E-state index contributed by atoms with van der Waals surface area (Å²) in [7, 11) is 0.